The predicted octanol–water partition coefficient (Wildman–Crippen LogP) is 13.4. The van der Waals surface area contributed by atoms with Gasteiger partial charge in [0.25, 0.3) is 23.6 Å². The maximum Gasteiger partial charge on any atom is 0.279 e. The lowest BCUT2D eigenvalue weighted by Crippen LogP contribution is -2.17. The van der Waals surface area contributed by atoms with Gasteiger partial charge in [0, 0.05) is 38.2 Å². The highest BCUT2D eigenvalue weighted by molar-refractivity contribution is 6.35. The molecule has 0 spiro atoms. The molecule has 14 nitrogen and oxygen atoms in total. The molecule has 4 amide bonds. The van der Waals surface area contributed by atoms with Crippen LogP contribution >= 0.6 is 58.0 Å². The first-order valence-electron chi connectivity index (χ1n) is 18.1. The number of carbonyl (C=O) groups is 4. The van der Waals surface area contributed by atoms with Crippen molar-refractivity contribution >= 4 is 116 Å². The molecule has 0 heterocycles. The number of halogens is 5. The minimum absolute atomic E-state index is 0.0257. The molecular weight excluding hydrogens is 902 g/mol. The molecule has 5 aromatic rings. The Labute approximate surface area is 380 Å². The summed E-state index contributed by atoms with van der Waals surface area (Å²) in [6.07, 6.45) is 0. The Morgan fingerprint density at radius 1 is 0.484 bits per heavy atom. The molecule has 0 atom stereocenters. The second kappa shape index (κ2) is 20.5. The number of nitrogens with one attached hydrogen (secondary N) is 4. The van der Waals surface area contributed by atoms with Crippen LogP contribution in [0.1, 0.15) is 51.3 Å². The first kappa shape index (κ1) is 46.8. The fourth-order valence-electron chi connectivity index (χ4n) is 5.38. The van der Waals surface area contributed by atoms with Gasteiger partial charge in [-0.15, -0.1) is 20.5 Å². The molecule has 0 saturated carbocycles. The summed E-state index contributed by atoms with van der Waals surface area (Å²) in [5.74, 6) is -3.74. The quantitative estimate of drug-likeness (QED) is 0.0407. The normalized spacial score (nSPS) is 12.2. The number of hydrogen-bond donors (Lipinski definition) is 6. The summed E-state index contributed by atoms with van der Waals surface area (Å²) in [5, 5.41) is 48.5. The Morgan fingerprint density at radius 2 is 0.903 bits per heavy atom. The van der Waals surface area contributed by atoms with Gasteiger partial charge in [0.15, 0.2) is 11.4 Å². The number of aliphatic hydroxyl groups excluding tert-OH is 2. The van der Waals surface area contributed by atoms with E-state index in [9.17, 15) is 29.4 Å². The van der Waals surface area contributed by atoms with Crippen molar-refractivity contribution in [2.75, 3.05) is 21.3 Å². The summed E-state index contributed by atoms with van der Waals surface area (Å²) in [6, 6.07) is 21.5. The SMILES string of the molecule is C/C(O)=C(/N=Nc1cc(C(=O)Nc2cccc(Cl)c2C)ccc1Cl)C(=O)Nc1cc(Cl)c(NC(=O)/C(N=Nc2cc(C(=O)Nc3cccc(Cl)c3C)ccc2Cl)=C(\C)O)cc1C. The molecule has 0 radical (unpaired) electrons. The zero-order valence-electron chi connectivity index (χ0n) is 33.3. The molecule has 19 heteroatoms. The fourth-order valence-corrected chi connectivity index (χ4v) is 6.25. The van der Waals surface area contributed by atoms with Gasteiger partial charge in [-0.1, -0.05) is 70.1 Å². The number of amides is 4. The molecule has 0 bridgehead atoms. The van der Waals surface area contributed by atoms with E-state index in [0.717, 1.165) is 0 Å². The molecular formula is C43H35Cl5N8O6. The van der Waals surface area contributed by atoms with E-state index in [4.69, 9.17) is 58.0 Å². The van der Waals surface area contributed by atoms with E-state index in [2.05, 4.69) is 41.7 Å². The average molecular weight is 937 g/mol. The number of aryl methyl sites for hydroxylation is 1. The van der Waals surface area contributed by atoms with E-state index >= 15 is 0 Å². The molecule has 5 aromatic carbocycles. The third-order valence-electron chi connectivity index (χ3n) is 8.89. The lowest BCUT2D eigenvalue weighted by molar-refractivity contribution is -0.114. The third kappa shape index (κ3) is 11.5. The summed E-state index contributed by atoms with van der Waals surface area (Å²) in [6.45, 7) is 7.56. The summed E-state index contributed by atoms with van der Waals surface area (Å²) in [7, 11) is 0. The van der Waals surface area contributed by atoms with E-state index in [1.54, 1.807) is 57.2 Å². The van der Waals surface area contributed by atoms with Crippen molar-refractivity contribution in [2.45, 2.75) is 34.6 Å². The number of aliphatic hydroxyl groups is 2. The van der Waals surface area contributed by atoms with Crippen molar-refractivity contribution in [3.05, 3.63) is 161 Å². The van der Waals surface area contributed by atoms with Crippen molar-refractivity contribution in [1.29, 1.82) is 0 Å². The molecule has 6 N–H and O–H groups in total. The van der Waals surface area contributed by atoms with E-state index < -0.39 is 46.5 Å². The van der Waals surface area contributed by atoms with Gasteiger partial charge in [-0.05, 0) is 124 Å². The highest BCUT2D eigenvalue weighted by atomic mass is 35.5. The number of nitrogens with zero attached hydrogens (tertiary/aromatic N) is 4. The Bertz CT molecular complexity index is 2580. The van der Waals surface area contributed by atoms with E-state index in [0.29, 0.717) is 38.1 Å². The van der Waals surface area contributed by atoms with Crippen LogP contribution in [0.3, 0.4) is 0 Å². The molecule has 0 fully saturated rings. The molecule has 0 saturated heterocycles. The van der Waals surface area contributed by atoms with Crippen LogP contribution in [-0.4, -0.2) is 33.8 Å². The molecule has 5 rings (SSSR count). The van der Waals surface area contributed by atoms with Gasteiger partial charge in [0.1, 0.15) is 22.9 Å². The van der Waals surface area contributed by atoms with Crippen LogP contribution in [0.5, 0.6) is 0 Å². The van der Waals surface area contributed by atoms with Gasteiger partial charge in [0.05, 0.1) is 20.8 Å². The van der Waals surface area contributed by atoms with Crippen LogP contribution in [-0.2, 0) is 9.59 Å². The Morgan fingerprint density at radius 3 is 1.32 bits per heavy atom. The van der Waals surface area contributed by atoms with Crippen LogP contribution < -0.4 is 21.3 Å². The Hall–Kier alpha value is -6.29. The number of rotatable bonds is 12. The molecule has 0 aliphatic rings. The second-order valence-electron chi connectivity index (χ2n) is 13.4. The van der Waals surface area contributed by atoms with E-state index in [-0.39, 0.29) is 48.9 Å². The standard InChI is InChI=1S/C43H35Cl5N8O6/c1-20-16-35(52-43(62)39(24(5)58)56-54-37-18-26(13-15-30(37)47)41(60)50-33-11-7-9-28(45)22(33)3)31(48)19-34(20)51-42(61)38(23(4)57)55-53-36-17-25(12-14-29(36)46)40(59)49-32-10-6-8-27(44)21(32)2/h6-19,57-58H,1-5H3,(H,49,59)(H,50,60)(H,51,61)(H,52,62)/b38-23-,39-24-,55-53?,56-54?. The lowest BCUT2D eigenvalue weighted by atomic mass is 10.1. The zero-order chi connectivity index (χ0) is 45.4. The number of azo groups is 2. The number of benzene rings is 5. The summed E-state index contributed by atoms with van der Waals surface area (Å²) >= 11 is 31.5. The summed E-state index contributed by atoms with van der Waals surface area (Å²) in [5.41, 5.74) is 2.44. The van der Waals surface area contributed by atoms with Gasteiger partial charge in [-0.3, -0.25) is 19.2 Å². The first-order valence-corrected chi connectivity index (χ1v) is 20.0. The van der Waals surface area contributed by atoms with Crippen LogP contribution in [0.15, 0.2) is 128 Å². The van der Waals surface area contributed by atoms with Crippen molar-refractivity contribution in [1.82, 2.24) is 0 Å². The van der Waals surface area contributed by atoms with Gasteiger partial charge in [-0.25, -0.2) is 0 Å². The minimum atomic E-state index is -0.908. The van der Waals surface area contributed by atoms with Gasteiger partial charge in [0.2, 0.25) is 0 Å². The number of allylic oxidation sites excluding steroid dienone is 2. The molecule has 0 aromatic heterocycles. The van der Waals surface area contributed by atoms with Gasteiger partial charge >= 0.3 is 0 Å². The predicted molar refractivity (Wildman–Crippen MR) is 244 cm³/mol. The highest BCUT2D eigenvalue weighted by Gasteiger charge is 2.20. The highest BCUT2D eigenvalue weighted by Crippen LogP contribution is 2.33. The van der Waals surface area contributed by atoms with Gasteiger partial charge in [-0.2, -0.15) is 0 Å². The number of hydrogen-bond acceptors (Lipinski definition) is 10. The Balaban J connectivity index is 1.28. The largest absolute Gasteiger partial charge is 0.510 e. The molecule has 0 aliphatic carbocycles. The lowest BCUT2D eigenvalue weighted by Gasteiger charge is -2.14. The van der Waals surface area contributed by atoms with Crippen molar-refractivity contribution in [3.8, 4) is 0 Å². The number of anilines is 4. The fraction of sp³-hybridized carbons (Fsp3) is 0.116. The molecule has 62 heavy (non-hydrogen) atoms. The number of carbonyl (C=O) groups excluding carboxylic acids is 4. The van der Waals surface area contributed by atoms with Crippen molar-refractivity contribution < 1.29 is 29.4 Å². The molecule has 318 valence electrons. The summed E-state index contributed by atoms with van der Waals surface area (Å²) in [4.78, 5) is 52.8. The van der Waals surface area contributed by atoms with Crippen LogP contribution in [0.4, 0.5) is 34.1 Å². The van der Waals surface area contributed by atoms with Crippen molar-refractivity contribution in [3.63, 3.8) is 0 Å². The van der Waals surface area contributed by atoms with E-state index in [1.165, 1.54) is 62.4 Å². The zero-order valence-corrected chi connectivity index (χ0v) is 37.1. The summed E-state index contributed by atoms with van der Waals surface area (Å²) < 4.78 is 0. The maximum absolute atomic E-state index is 13.4. The van der Waals surface area contributed by atoms with Crippen LogP contribution in [0.2, 0.25) is 25.1 Å². The second-order valence-corrected chi connectivity index (χ2v) is 15.4. The molecule has 0 aliphatic heterocycles. The molecule has 0 unspecified atom stereocenters. The minimum Gasteiger partial charge on any atom is -0.510 e. The van der Waals surface area contributed by atoms with E-state index in [1.807, 2.05) is 0 Å². The average Bonchev–Trinajstić information content (AvgIpc) is 3.21. The first-order chi connectivity index (χ1) is 29.3. The van der Waals surface area contributed by atoms with Crippen LogP contribution in [0, 0.1) is 20.8 Å². The van der Waals surface area contributed by atoms with Crippen LogP contribution in [0.25, 0.3) is 0 Å². The monoisotopic (exact) mass is 934 g/mol. The maximum atomic E-state index is 13.4. The topological polar surface area (TPSA) is 206 Å². The smallest absolute Gasteiger partial charge is 0.279 e. The third-order valence-corrected chi connectivity index (χ3v) is 10.7. The van der Waals surface area contributed by atoms with Crippen molar-refractivity contribution in [2.24, 2.45) is 20.5 Å². The van der Waals surface area contributed by atoms with Gasteiger partial charge < -0.3 is 31.5 Å². The Kier molecular flexibility index (Phi) is 15.5.